The van der Waals surface area contributed by atoms with Gasteiger partial charge in [-0.05, 0) is 6.07 Å². The van der Waals surface area contributed by atoms with E-state index in [4.69, 9.17) is 9.47 Å². The minimum Gasteiger partial charge on any atom is -0.496 e. The molecule has 0 fully saturated rings. The molecule has 1 aliphatic heterocycles. The molecule has 0 amide bonds. The van der Waals surface area contributed by atoms with Gasteiger partial charge in [0.1, 0.15) is 18.2 Å². The molecule has 102 valence electrons. The molecule has 1 aliphatic rings. The van der Waals surface area contributed by atoms with E-state index in [1.54, 1.807) is 0 Å². The van der Waals surface area contributed by atoms with Crippen LogP contribution in [0.5, 0.6) is 5.75 Å². The molecule has 0 saturated carbocycles. The molecular formula is C12H11F3N2O2. The van der Waals surface area contributed by atoms with Crippen LogP contribution in [0.25, 0.3) is 11.0 Å². The lowest BCUT2D eigenvalue weighted by Crippen LogP contribution is -2.16. The fourth-order valence-electron chi connectivity index (χ4n) is 2.27. The van der Waals surface area contributed by atoms with Crippen molar-refractivity contribution in [1.82, 2.24) is 9.55 Å². The number of halogens is 3. The van der Waals surface area contributed by atoms with Gasteiger partial charge in [-0.15, -0.1) is 0 Å². The Morgan fingerprint density at radius 1 is 1.37 bits per heavy atom. The lowest BCUT2D eigenvalue weighted by Gasteiger charge is -2.16. The number of hydrogen-bond acceptors (Lipinski definition) is 3. The predicted octanol–water partition coefficient (Wildman–Crippen LogP) is 2.59. The fraction of sp³-hybridized carbons (Fsp3) is 0.417. The average Bonchev–Trinajstić information content (AvgIpc) is 2.73. The van der Waals surface area contributed by atoms with Crippen molar-refractivity contribution < 1.29 is 22.6 Å². The highest BCUT2D eigenvalue weighted by Crippen LogP contribution is 2.38. The second kappa shape index (κ2) is 4.12. The monoisotopic (exact) mass is 272 g/mol. The summed E-state index contributed by atoms with van der Waals surface area (Å²) in [6.07, 6.45) is -4.46. The van der Waals surface area contributed by atoms with E-state index in [1.807, 2.05) is 4.57 Å². The van der Waals surface area contributed by atoms with Crippen molar-refractivity contribution >= 4 is 11.0 Å². The Labute approximate surface area is 106 Å². The summed E-state index contributed by atoms with van der Waals surface area (Å²) in [5.41, 5.74) is 0.149. The number of nitrogens with zero attached hydrogens (tertiary/aromatic N) is 2. The topological polar surface area (TPSA) is 36.3 Å². The van der Waals surface area contributed by atoms with Crippen molar-refractivity contribution in [2.24, 2.45) is 0 Å². The van der Waals surface area contributed by atoms with Gasteiger partial charge in [-0.1, -0.05) is 0 Å². The summed E-state index contributed by atoms with van der Waals surface area (Å²) >= 11 is 0. The fourth-order valence-corrected chi connectivity index (χ4v) is 2.27. The first-order chi connectivity index (χ1) is 9.00. The van der Waals surface area contributed by atoms with Gasteiger partial charge in [0.15, 0.2) is 0 Å². The number of methoxy groups -OCH3 is 1. The Morgan fingerprint density at radius 2 is 2.16 bits per heavy atom. The normalized spacial score (nSPS) is 15.6. The van der Waals surface area contributed by atoms with Crippen LogP contribution in [0.2, 0.25) is 0 Å². The standard InChI is InChI=1S/C12H11F3N2O2/c1-18-10-5-9-8(4-7(10)12(13,14)15)16-11-6-19-3-2-17(9)11/h4-5H,2-3,6H2,1H3. The summed E-state index contributed by atoms with van der Waals surface area (Å²) in [5, 5.41) is 0. The lowest BCUT2D eigenvalue weighted by molar-refractivity contribution is -0.138. The molecular weight excluding hydrogens is 261 g/mol. The highest BCUT2D eigenvalue weighted by molar-refractivity contribution is 5.79. The number of alkyl halides is 3. The third kappa shape index (κ3) is 1.94. The molecule has 0 unspecified atom stereocenters. The summed E-state index contributed by atoms with van der Waals surface area (Å²) in [5.74, 6) is 0.455. The molecule has 0 N–H and O–H groups in total. The maximum absolute atomic E-state index is 12.9. The van der Waals surface area contributed by atoms with E-state index in [-0.39, 0.29) is 5.75 Å². The van der Waals surface area contributed by atoms with Gasteiger partial charge in [0.25, 0.3) is 0 Å². The Kier molecular flexibility index (Phi) is 2.67. The number of imidazole rings is 1. The second-order valence-electron chi connectivity index (χ2n) is 4.27. The van der Waals surface area contributed by atoms with Crippen LogP contribution in [-0.2, 0) is 24.1 Å². The Bertz CT molecular complexity index is 634. The first-order valence-corrected chi connectivity index (χ1v) is 5.73. The van der Waals surface area contributed by atoms with Gasteiger partial charge < -0.3 is 14.0 Å². The number of rotatable bonds is 1. The molecule has 1 aromatic heterocycles. The van der Waals surface area contributed by atoms with E-state index in [0.717, 1.165) is 6.07 Å². The van der Waals surface area contributed by atoms with Crippen LogP contribution in [0.3, 0.4) is 0 Å². The van der Waals surface area contributed by atoms with Crippen molar-refractivity contribution in [2.45, 2.75) is 19.3 Å². The largest absolute Gasteiger partial charge is 0.496 e. The minimum absolute atomic E-state index is 0.186. The first kappa shape index (κ1) is 12.3. The molecule has 2 heterocycles. The summed E-state index contributed by atoms with van der Waals surface area (Å²) < 4.78 is 50.7. The first-order valence-electron chi connectivity index (χ1n) is 5.73. The second-order valence-corrected chi connectivity index (χ2v) is 4.27. The van der Waals surface area contributed by atoms with Crippen molar-refractivity contribution in [2.75, 3.05) is 13.7 Å². The van der Waals surface area contributed by atoms with Gasteiger partial charge >= 0.3 is 6.18 Å². The zero-order valence-electron chi connectivity index (χ0n) is 10.1. The van der Waals surface area contributed by atoms with E-state index in [1.165, 1.54) is 13.2 Å². The molecule has 0 saturated heterocycles. The maximum atomic E-state index is 12.9. The van der Waals surface area contributed by atoms with Crippen molar-refractivity contribution in [1.29, 1.82) is 0 Å². The number of benzene rings is 1. The van der Waals surface area contributed by atoms with E-state index >= 15 is 0 Å². The molecule has 1 aromatic carbocycles. The van der Waals surface area contributed by atoms with Crippen LogP contribution in [0.4, 0.5) is 13.2 Å². The van der Waals surface area contributed by atoms with Gasteiger partial charge in [-0.3, -0.25) is 0 Å². The summed E-state index contributed by atoms with van der Waals surface area (Å²) in [6.45, 7) is 1.43. The van der Waals surface area contributed by atoms with Crippen molar-refractivity contribution in [3.05, 3.63) is 23.5 Å². The van der Waals surface area contributed by atoms with E-state index < -0.39 is 11.7 Å². The van der Waals surface area contributed by atoms with Crippen LogP contribution < -0.4 is 4.74 Å². The van der Waals surface area contributed by atoms with E-state index in [0.29, 0.717) is 36.6 Å². The van der Waals surface area contributed by atoms with Gasteiger partial charge in [0.2, 0.25) is 0 Å². The highest BCUT2D eigenvalue weighted by Gasteiger charge is 2.35. The lowest BCUT2D eigenvalue weighted by atomic mass is 10.1. The Morgan fingerprint density at radius 3 is 2.84 bits per heavy atom. The molecule has 4 nitrogen and oxygen atoms in total. The van der Waals surface area contributed by atoms with Crippen molar-refractivity contribution in [3.63, 3.8) is 0 Å². The molecule has 0 spiro atoms. The molecule has 2 aromatic rings. The zero-order valence-corrected chi connectivity index (χ0v) is 10.1. The third-order valence-corrected chi connectivity index (χ3v) is 3.14. The average molecular weight is 272 g/mol. The third-order valence-electron chi connectivity index (χ3n) is 3.14. The zero-order chi connectivity index (χ0) is 13.6. The van der Waals surface area contributed by atoms with Gasteiger partial charge in [0, 0.05) is 12.6 Å². The molecule has 0 atom stereocenters. The van der Waals surface area contributed by atoms with Crippen LogP contribution in [0.15, 0.2) is 12.1 Å². The SMILES string of the molecule is COc1cc2c(cc1C(F)(F)F)nc1n2CCOC1. The molecule has 7 heteroatoms. The molecule has 0 bridgehead atoms. The quantitative estimate of drug-likeness (QED) is 0.800. The molecule has 3 rings (SSSR count). The predicted molar refractivity (Wildman–Crippen MR) is 60.9 cm³/mol. The highest BCUT2D eigenvalue weighted by atomic mass is 19.4. The Balaban J connectivity index is 2.26. The van der Waals surface area contributed by atoms with Gasteiger partial charge in [0.05, 0.1) is 30.3 Å². The summed E-state index contributed by atoms with van der Waals surface area (Å²) in [4.78, 5) is 4.19. The number of fused-ring (bicyclic) bond motifs is 3. The maximum Gasteiger partial charge on any atom is 0.420 e. The van der Waals surface area contributed by atoms with Crippen LogP contribution in [0.1, 0.15) is 11.4 Å². The summed E-state index contributed by atoms with van der Waals surface area (Å²) in [7, 11) is 1.23. The smallest absolute Gasteiger partial charge is 0.420 e. The molecule has 0 aliphatic carbocycles. The van der Waals surface area contributed by atoms with Gasteiger partial charge in [-0.2, -0.15) is 13.2 Å². The number of aromatic nitrogens is 2. The molecule has 19 heavy (non-hydrogen) atoms. The van der Waals surface area contributed by atoms with Crippen LogP contribution >= 0.6 is 0 Å². The van der Waals surface area contributed by atoms with Crippen LogP contribution in [-0.4, -0.2) is 23.3 Å². The van der Waals surface area contributed by atoms with E-state index in [2.05, 4.69) is 4.98 Å². The summed E-state index contributed by atoms with van der Waals surface area (Å²) in [6, 6.07) is 2.42. The minimum atomic E-state index is -4.46. The van der Waals surface area contributed by atoms with Gasteiger partial charge in [-0.25, -0.2) is 4.98 Å². The number of ether oxygens (including phenoxy) is 2. The van der Waals surface area contributed by atoms with Crippen LogP contribution in [0, 0.1) is 0 Å². The Hall–Kier alpha value is -1.76. The van der Waals surface area contributed by atoms with Crippen molar-refractivity contribution in [3.8, 4) is 5.75 Å². The number of hydrogen-bond donors (Lipinski definition) is 0. The van der Waals surface area contributed by atoms with E-state index in [9.17, 15) is 13.2 Å². The molecule has 0 radical (unpaired) electrons.